The number of hydrogen-bond acceptors (Lipinski definition) is 4. The van der Waals surface area contributed by atoms with Crippen molar-refractivity contribution in [1.29, 1.82) is 0 Å². The smallest absolute Gasteiger partial charge is 0.319 e. The van der Waals surface area contributed by atoms with E-state index in [0.717, 1.165) is 11.8 Å². The van der Waals surface area contributed by atoms with E-state index in [-0.39, 0.29) is 11.2 Å². The molecule has 0 saturated carbocycles. The third-order valence-electron chi connectivity index (χ3n) is 1.64. The Bertz CT molecular complexity index is 205. The molecule has 0 saturated heterocycles. The summed E-state index contributed by atoms with van der Waals surface area (Å²) < 4.78 is 4.82. The van der Waals surface area contributed by atoms with Gasteiger partial charge >= 0.3 is 11.9 Å². The van der Waals surface area contributed by atoms with Crippen LogP contribution in [0.3, 0.4) is 0 Å². The maximum atomic E-state index is 11.3. The molecule has 5 heteroatoms. The molecule has 0 aromatic rings. The summed E-state index contributed by atoms with van der Waals surface area (Å²) in [4.78, 5) is 21.9. The van der Waals surface area contributed by atoms with Gasteiger partial charge in [-0.15, -0.1) is 11.8 Å². The van der Waals surface area contributed by atoms with Gasteiger partial charge in [0, 0.05) is 0 Å². The van der Waals surface area contributed by atoms with Crippen molar-refractivity contribution in [2.75, 3.05) is 6.61 Å². The zero-order chi connectivity index (χ0) is 11.1. The first-order chi connectivity index (χ1) is 6.52. The second kappa shape index (κ2) is 6.70. The highest BCUT2D eigenvalue weighted by molar-refractivity contribution is 8.01. The number of aliphatic carboxylic acids is 1. The Hall–Kier alpha value is -0.710. The number of carbonyl (C=O) groups excluding carboxylic acids is 1. The van der Waals surface area contributed by atoms with E-state index >= 15 is 0 Å². The standard InChI is InChI=1S/C9H16O4S/c1-4-7(9(12)13-5-2)14-6(3)8(10)11/h6-7H,4-5H2,1-3H3,(H,10,11). The van der Waals surface area contributed by atoms with Gasteiger partial charge in [-0.05, 0) is 20.3 Å². The molecule has 0 amide bonds. The van der Waals surface area contributed by atoms with Crippen molar-refractivity contribution in [2.24, 2.45) is 0 Å². The number of rotatable bonds is 6. The zero-order valence-corrected chi connectivity index (χ0v) is 9.47. The van der Waals surface area contributed by atoms with Crippen molar-refractivity contribution in [1.82, 2.24) is 0 Å². The van der Waals surface area contributed by atoms with Gasteiger partial charge in [-0.2, -0.15) is 0 Å². The van der Waals surface area contributed by atoms with Crippen molar-refractivity contribution in [3.8, 4) is 0 Å². The third-order valence-corrected chi connectivity index (χ3v) is 3.10. The van der Waals surface area contributed by atoms with E-state index < -0.39 is 11.2 Å². The molecule has 0 radical (unpaired) electrons. The van der Waals surface area contributed by atoms with Crippen LogP contribution >= 0.6 is 11.8 Å². The van der Waals surface area contributed by atoms with Crippen molar-refractivity contribution in [2.45, 2.75) is 37.7 Å². The van der Waals surface area contributed by atoms with E-state index in [9.17, 15) is 9.59 Å². The Kier molecular flexibility index (Phi) is 6.36. The molecule has 0 heterocycles. The Morgan fingerprint density at radius 3 is 2.36 bits per heavy atom. The molecule has 82 valence electrons. The van der Waals surface area contributed by atoms with Crippen molar-refractivity contribution < 1.29 is 19.4 Å². The van der Waals surface area contributed by atoms with Gasteiger partial charge in [-0.1, -0.05) is 6.92 Å². The maximum absolute atomic E-state index is 11.3. The SMILES string of the molecule is CCOC(=O)C(CC)SC(C)C(=O)O. The molecule has 0 bridgehead atoms. The Balaban J connectivity index is 4.14. The van der Waals surface area contributed by atoms with Gasteiger partial charge in [0.05, 0.1) is 6.61 Å². The summed E-state index contributed by atoms with van der Waals surface area (Å²) in [5.41, 5.74) is 0. The van der Waals surface area contributed by atoms with Crippen LogP contribution in [0.4, 0.5) is 0 Å². The summed E-state index contributed by atoms with van der Waals surface area (Å²) in [6, 6.07) is 0. The number of thioether (sulfide) groups is 1. The molecule has 0 aromatic carbocycles. The first-order valence-electron chi connectivity index (χ1n) is 4.57. The molecule has 14 heavy (non-hydrogen) atoms. The lowest BCUT2D eigenvalue weighted by molar-refractivity contribution is -0.142. The van der Waals surface area contributed by atoms with Crippen LogP contribution in [-0.2, 0) is 14.3 Å². The second-order valence-electron chi connectivity index (χ2n) is 2.77. The van der Waals surface area contributed by atoms with Gasteiger partial charge in [0.2, 0.25) is 0 Å². The number of esters is 1. The van der Waals surface area contributed by atoms with Gasteiger partial charge in [0.1, 0.15) is 10.5 Å². The van der Waals surface area contributed by atoms with Crippen LogP contribution in [0.15, 0.2) is 0 Å². The minimum Gasteiger partial charge on any atom is -0.480 e. The molecule has 0 rings (SSSR count). The minimum absolute atomic E-state index is 0.326. The minimum atomic E-state index is -0.905. The van der Waals surface area contributed by atoms with Gasteiger partial charge in [-0.3, -0.25) is 9.59 Å². The van der Waals surface area contributed by atoms with Crippen LogP contribution < -0.4 is 0 Å². The summed E-state index contributed by atoms with van der Waals surface area (Å²) in [6.45, 7) is 5.46. The lowest BCUT2D eigenvalue weighted by atomic mass is 10.3. The van der Waals surface area contributed by atoms with Crippen LogP contribution in [-0.4, -0.2) is 34.2 Å². The molecule has 0 aliphatic carbocycles. The summed E-state index contributed by atoms with van der Waals surface area (Å²) in [6.07, 6.45) is 0.584. The summed E-state index contributed by atoms with van der Waals surface area (Å²) in [5, 5.41) is 7.71. The van der Waals surface area contributed by atoms with Crippen molar-refractivity contribution >= 4 is 23.7 Å². The third kappa shape index (κ3) is 4.50. The highest BCUT2D eigenvalue weighted by atomic mass is 32.2. The lowest BCUT2D eigenvalue weighted by Crippen LogP contribution is -2.24. The zero-order valence-electron chi connectivity index (χ0n) is 8.65. The van der Waals surface area contributed by atoms with Gasteiger partial charge in [-0.25, -0.2) is 0 Å². The van der Waals surface area contributed by atoms with Crippen LogP contribution in [0, 0.1) is 0 Å². The van der Waals surface area contributed by atoms with Crippen LogP contribution in [0.5, 0.6) is 0 Å². The van der Waals surface area contributed by atoms with E-state index in [4.69, 9.17) is 9.84 Å². The number of hydrogen-bond donors (Lipinski definition) is 1. The monoisotopic (exact) mass is 220 g/mol. The van der Waals surface area contributed by atoms with Gasteiger partial charge < -0.3 is 9.84 Å². The largest absolute Gasteiger partial charge is 0.480 e. The summed E-state index contributed by atoms with van der Waals surface area (Å²) >= 11 is 1.13. The topological polar surface area (TPSA) is 63.6 Å². The fourth-order valence-corrected chi connectivity index (χ4v) is 1.84. The van der Waals surface area contributed by atoms with Gasteiger partial charge in [0.15, 0.2) is 0 Å². The first kappa shape index (κ1) is 13.3. The Morgan fingerprint density at radius 1 is 1.43 bits per heavy atom. The molecule has 1 N–H and O–H groups in total. The lowest BCUT2D eigenvalue weighted by Gasteiger charge is -2.15. The Labute approximate surface area is 88.0 Å². The fraction of sp³-hybridized carbons (Fsp3) is 0.778. The van der Waals surface area contributed by atoms with Crippen LogP contribution in [0.2, 0.25) is 0 Å². The molecule has 2 unspecified atom stereocenters. The fourth-order valence-electron chi connectivity index (χ4n) is 0.858. The van der Waals surface area contributed by atoms with E-state index in [1.807, 2.05) is 6.92 Å². The molecule has 0 aromatic heterocycles. The average molecular weight is 220 g/mol. The normalized spacial score (nSPS) is 14.5. The molecule has 0 aliphatic heterocycles. The van der Waals surface area contributed by atoms with Crippen molar-refractivity contribution in [3.05, 3.63) is 0 Å². The van der Waals surface area contributed by atoms with Gasteiger partial charge in [0.25, 0.3) is 0 Å². The van der Waals surface area contributed by atoms with E-state index in [1.54, 1.807) is 13.8 Å². The summed E-state index contributed by atoms with van der Waals surface area (Å²) in [7, 11) is 0. The molecule has 0 aliphatic rings. The van der Waals surface area contributed by atoms with E-state index in [2.05, 4.69) is 0 Å². The highest BCUT2D eigenvalue weighted by Gasteiger charge is 2.24. The second-order valence-corrected chi connectivity index (χ2v) is 4.31. The van der Waals surface area contributed by atoms with Crippen LogP contribution in [0.25, 0.3) is 0 Å². The molecule has 0 fully saturated rings. The highest BCUT2D eigenvalue weighted by Crippen LogP contribution is 2.21. The number of carbonyl (C=O) groups is 2. The molecule has 0 spiro atoms. The van der Waals surface area contributed by atoms with E-state index in [0.29, 0.717) is 13.0 Å². The molecular formula is C9H16O4S. The average Bonchev–Trinajstić information content (AvgIpc) is 2.13. The van der Waals surface area contributed by atoms with E-state index in [1.165, 1.54) is 0 Å². The maximum Gasteiger partial charge on any atom is 0.319 e. The molecule has 4 nitrogen and oxygen atoms in total. The molecular weight excluding hydrogens is 204 g/mol. The number of carboxylic acid groups (broad SMARTS) is 1. The quantitative estimate of drug-likeness (QED) is 0.688. The predicted molar refractivity (Wildman–Crippen MR) is 55.4 cm³/mol. The number of carboxylic acids is 1. The summed E-state index contributed by atoms with van der Waals surface area (Å²) in [5.74, 6) is -1.23. The Morgan fingerprint density at radius 2 is 2.00 bits per heavy atom. The van der Waals surface area contributed by atoms with Crippen LogP contribution in [0.1, 0.15) is 27.2 Å². The molecule has 2 atom stereocenters. The number of ether oxygens (including phenoxy) is 1. The first-order valence-corrected chi connectivity index (χ1v) is 5.52. The predicted octanol–water partition coefficient (Wildman–Crippen LogP) is 1.53. The van der Waals surface area contributed by atoms with Crippen molar-refractivity contribution in [3.63, 3.8) is 0 Å².